The number of nitrogens with zero attached hydrogens (tertiary/aromatic N) is 1. The van der Waals surface area contributed by atoms with E-state index in [9.17, 15) is 0 Å². The highest BCUT2D eigenvalue weighted by Gasteiger charge is 2.35. The van der Waals surface area contributed by atoms with Crippen molar-refractivity contribution in [2.45, 2.75) is 36.2 Å². The van der Waals surface area contributed by atoms with Crippen molar-refractivity contribution in [2.75, 3.05) is 0 Å². The van der Waals surface area contributed by atoms with Gasteiger partial charge in [0.2, 0.25) is 0 Å². The second kappa shape index (κ2) is 10.00. The van der Waals surface area contributed by atoms with Gasteiger partial charge in [0.05, 0.1) is 12.6 Å². The first kappa shape index (κ1) is 20.0. The van der Waals surface area contributed by atoms with Gasteiger partial charge in [0, 0.05) is 0 Å². The SMILES string of the molecule is CC(C)N(Cc1ccccc1)[S+](c1ccccc1)c1ccccc1.[I-]. The van der Waals surface area contributed by atoms with Crippen molar-refractivity contribution in [2.24, 2.45) is 0 Å². The third kappa shape index (κ3) is 5.33. The Labute approximate surface area is 171 Å². The lowest BCUT2D eigenvalue weighted by Gasteiger charge is -2.25. The zero-order valence-corrected chi connectivity index (χ0v) is 17.7. The maximum absolute atomic E-state index is 2.60. The lowest BCUT2D eigenvalue weighted by atomic mass is 10.2. The molecule has 0 amide bonds. The van der Waals surface area contributed by atoms with Crippen LogP contribution in [0.2, 0.25) is 0 Å². The summed E-state index contributed by atoms with van der Waals surface area (Å²) in [6.45, 7) is 5.52. The number of rotatable bonds is 6. The highest BCUT2D eigenvalue weighted by Crippen LogP contribution is 2.30. The largest absolute Gasteiger partial charge is 1.00 e. The van der Waals surface area contributed by atoms with Crippen LogP contribution in [0.3, 0.4) is 0 Å². The molecule has 0 aliphatic carbocycles. The molecule has 0 saturated carbocycles. The summed E-state index contributed by atoms with van der Waals surface area (Å²) >= 11 is -0.0863. The van der Waals surface area contributed by atoms with Crippen LogP contribution in [-0.4, -0.2) is 10.3 Å². The van der Waals surface area contributed by atoms with E-state index in [4.69, 9.17) is 0 Å². The van der Waals surface area contributed by atoms with Crippen molar-refractivity contribution in [3.8, 4) is 0 Å². The fraction of sp³-hybridized carbons (Fsp3) is 0.182. The Kier molecular flexibility index (Phi) is 8.00. The van der Waals surface area contributed by atoms with Gasteiger partial charge in [-0.3, -0.25) is 0 Å². The molecule has 0 N–H and O–H groups in total. The van der Waals surface area contributed by atoms with Gasteiger partial charge in [0.15, 0.2) is 20.9 Å². The molecule has 3 rings (SSSR count). The average Bonchev–Trinajstić information content (AvgIpc) is 2.64. The fourth-order valence-electron chi connectivity index (χ4n) is 2.73. The molecule has 0 atom stereocenters. The summed E-state index contributed by atoms with van der Waals surface area (Å²) in [6, 6.07) is 32.9. The van der Waals surface area contributed by atoms with Crippen LogP contribution in [0.4, 0.5) is 0 Å². The molecule has 0 radical (unpaired) electrons. The Morgan fingerprint density at radius 2 is 1.08 bits per heavy atom. The van der Waals surface area contributed by atoms with Gasteiger partial charge in [-0.1, -0.05) is 66.7 Å². The minimum atomic E-state index is -0.0863. The predicted octanol–water partition coefficient (Wildman–Crippen LogP) is 2.55. The molecule has 0 aliphatic heterocycles. The predicted molar refractivity (Wildman–Crippen MR) is 104 cm³/mol. The van der Waals surface area contributed by atoms with Crippen molar-refractivity contribution in [1.82, 2.24) is 4.31 Å². The van der Waals surface area contributed by atoms with Crippen molar-refractivity contribution in [1.29, 1.82) is 0 Å². The van der Waals surface area contributed by atoms with Gasteiger partial charge in [-0.15, -0.1) is 4.31 Å². The minimum Gasteiger partial charge on any atom is -1.00 e. The molecule has 0 unspecified atom stereocenters. The molecule has 0 fully saturated rings. The van der Waals surface area contributed by atoms with Gasteiger partial charge in [0.1, 0.15) is 0 Å². The van der Waals surface area contributed by atoms with E-state index in [2.05, 4.69) is 109 Å². The summed E-state index contributed by atoms with van der Waals surface area (Å²) in [5, 5.41) is 0. The Hall–Kier alpha value is -1.30. The van der Waals surface area contributed by atoms with Gasteiger partial charge in [-0.2, -0.15) is 0 Å². The molecule has 0 bridgehead atoms. The molecular formula is C22H24INS. The summed E-state index contributed by atoms with van der Waals surface area (Å²) in [5.74, 6) is 0. The van der Waals surface area contributed by atoms with E-state index in [1.165, 1.54) is 15.4 Å². The summed E-state index contributed by atoms with van der Waals surface area (Å²) in [6.07, 6.45) is 0. The van der Waals surface area contributed by atoms with Gasteiger partial charge < -0.3 is 24.0 Å². The van der Waals surface area contributed by atoms with E-state index >= 15 is 0 Å². The first-order valence-corrected chi connectivity index (χ1v) is 9.59. The molecule has 0 aromatic heterocycles. The molecule has 0 aliphatic rings. The normalized spacial score (nSPS) is 10.9. The van der Waals surface area contributed by atoms with Crippen LogP contribution in [0.25, 0.3) is 0 Å². The van der Waals surface area contributed by atoms with Crippen LogP contribution in [0, 0.1) is 0 Å². The molecule has 3 heteroatoms. The minimum absolute atomic E-state index is 0. The average molecular weight is 461 g/mol. The van der Waals surface area contributed by atoms with Crippen LogP contribution >= 0.6 is 0 Å². The summed E-state index contributed by atoms with van der Waals surface area (Å²) < 4.78 is 2.60. The first-order chi connectivity index (χ1) is 11.8. The monoisotopic (exact) mass is 461 g/mol. The van der Waals surface area contributed by atoms with Crippen LogP contribution in [0.5, 0.6) is 0 Å². The zero-order valence-electron chi connectivity index (χ0n) is 14.7. The summed E-state index contributed by atoms with van der Waals surface area (Å²) in [5.41, 5.74) is 1.36. The van der Waals surface area contributed by atoms with Crippen LogP contribution < -0.4 is 24.0 Å². The second-order valence-corrected chi connectivity index (χ2v) is 8.05. The first-order valence-electron chi connectivity index (χ1n) is 8.41. The lowest BCUT2D eigenvalue weighted by molar-refractivity contribution is -0.00000510. The number of hydrogen-bond acceptors (Lipinski definition) is 1. The Bertz CT molecular complexity index is 692. The molecular weight excluding hydrogens is 437 g/mol. The number of hydrogen-bond donors (Lipinski definition) is 0. The van der Waals surface area contributed by atoms with E-state index in [1.807, 2.05) is 0 Å². The van der Waals surface area contributed by atoms with Crippen LogP contribution in [0.1, 0.15) is 19.4 Å². The van der Waals surface area contributed by atoms with E-state index in [1.54, 1.807) is 0 Å². The smallest absolute Gasteiger partial charge is 0.182 e. The maximum Gasteiger partial charge on any atom is 0.182 e. The third-order valence-corrected chi connectivity index (χ3v) is 6.38. The van der Waals surface area contributed by atoms with E-state index in [0.29, 0.717) is 6.04 Å². The molecule has 130 valence electrons. The Balaban J connectivity index is 0.00000225. The van der Waals surface area contributed by atoms with Crippen molar-refractivity contribution in [3.05, 3.63) is 96.6 Å². The fourth-order valence-corrected chi connectivity index (χ4v) is 5.07. The Morgan fingerprint density at radius 1 is 0.680 bits per heavy atom. The zero-order chi connectivity index (χ0) is 16.8. The maximum atomic E-state index is 2.60. The van der Waals surface area contributed by atoms with Gasteiger partial charge >= 0.3 is 0 Å². The van der Waals surface area contributed by atoms with E-state index in [0.717, 1.165) is 6.54 Å². The third-order valence-electron chi connectivity index (χ3n) is 3.92. The van der Waals surface area contributed by atoms with Gasteiger partial charge in [-0.05, 0) is 43.7 Å². The Morgan fingerprint density at radius 3 is 1.48 bits per heavy atom. The molecule has 0 heterocycles. The topological polar surface area (TPSA) is 3.24 Å². The van der Waals surface area contributed by atoms with Gasteiger partial charge in [-0.25, -0.2) is 0 Å². The van der Waals surface area contributed by atoms with Crippen LogP contribution in [0.15, 0.2) is 101 Å². The molecule has 3 aromatic carbocycles. The van der Waals surface area contributed by atoms with Crippen LogP contribution in [-0.2, 0) is 17.6 Å². The second-order valence-electron chi connectivity index (χ2n) is 6.07. The highest BCUT2D eigenvalue weighted by molar-refractivity contribution is 7.94. The van der Waals surface area contributed by atoms with Crippen molar-refractivity contribution in [3.63, 3.8) is 0 Å². The van der Waals surface area contributed by atoms with Crippen molar-refractivity contribution < 1.29 is 24.0 Å². The highest BCUT2D eigenvalue weighted by atomic mass is 127. The van der Waals surface area contributed by atoms with Crippen molar-refractivity contribution >= 4 is 11.1 Å². The summed E-state index contributed by atoms with van der Waals surface area (Å²) in [4.78, 5) is 2.74. The molecule has 1 nitrogen and oxygen atoms in total. The molecule has 3 aromatic rings. The quantitative estimate of drug-likeness (QED) is 0.403. The molecule has 0 spiro atoms. The number of benzene rings is 3. The van der Waals surface area contributed by atoms with E-state index < -0.39 is 0 Å². The van der Waals surface area contributed by atoms with Gasteiger partial charge in [0.25, 0.3) is 0 Å². The summed E-state index contributed by atoms with van der Waals surface area (Å²) in [7, 11) is 0. The molecule has 25 heavy (non-hydrogen) atoms. The molecule has 0 saturated heterocycles. The number of halogens is 1. The lowest BCUT2D eigenvalue weighted by Crippen LogP contribution is -3.00. The van der Waals surface area contributed by atoms with E-state index in [-0.39, 0.29) is 35.1 Å². The standard InChI is InChI=1S/C22H24NS.HI/c1-19(2)23(18-20-12-6-3-7-13-20)24(21-14-8-4-9-15-21)22-16-10-5-11-17-22;/h3-17,19H,18H2,1-2H3;1H/q+1;/p-1.